The molecule has 0 fully saturated rings. The van der Waals surface area contributed by atoms with E-state index in [0.29, 0.717) is 19.1 Å². The Kier molecular flexibility index (Phi) is 5.59. The second-order valence-electron chi connectivity index (χ2n) is 2.96. The van der Waals surface area contributed by atoms with Crippen LogP contribution in [0, 0.1) is 0 Å². The first kappa shape index (κ1) is 11.5. The summed E-state index contributed by atoms with van der Waals surface area (Å²) in [4.78, 5) is 0. The van der Waals surface area contributed by atoms with Crippen molar-refractivity contribution in [1.29, 1.82) is 0 Å². The topological polar surface area (TPSA) is 39.1 Å². The fraction of sp³-hybridized carbons (Fsp3) is 0.667. The minimum Gasteiger partial charge on any atom is -0.379 e. The zero-order valence-electron chi connectivity index (χ0n) is 8.37. The number of nitrogens with one attached hydrogen (secondary N) is 1. The Morgan fingerprint density at radius 3 is 3.07 bits per heavy atom. The van der Waals surface area contributed by atoms with E-state index in [0.717, 1.165) is 18.8 Å². The van der Waals surface area contributed by atoms with Crippen molar-refractivity contribution >= 4 is 11.6 Å². The minimum atomic E-state index is 0.556. The molecule has 14 heavy (non-hydrogen) atoms. The van der Waals surface area contributed by atoms with Crippen LogP contribution in [0.15, 0.2) is 12.3 Å². The summed E-state index contributed by atoms with van der Waals surface area (Å²) in [5.74, 6) is 0.556. The smallest absolute Gasteiger partial charge is 0.0762 e. The maximum atomic E-state index is 5.45. The summed E-state index contributed by atoms with van der Waals surface area (Å²) in [5.41, 5.74) is 1.05. The Morgan fingerprint density at radius 2 is 2.43 bits per heavy atom. The van der Waals surface area contributed by atoms with E-state index >= 15 is 0 Å². The van der Waals surface area contributed by atoms with Gasteiger partial charge >= 0.3 is 0 Å². The molecule has 1 aromatic heterocycles. The summed E-state index contributed by atoms with van der Waals surface area (Å²) in [6.07, 6.45) is 1.93. The third-order valence-corrected chi connectivity index (χ3v) is 1.87. The minimum absolute atomic E-state index is 0.556. The van der Waals surface area contributed by atoms with E-state index < -0.39 is 0 Å². The van der Waals surface area contributed by atoms with Crippen LogP contribution in [0.1, 0.15) is 5.69 Å². The van der Waals surface area contributed by atoms with Crippen molar-refractivity contribution in [3.8, 4) is 0 Å². The normalized spacial score (nSPS) is 10.7. The molecule has 0 aliphatic rings. The number of halogens is 1. The van der Waals surface area contributed by atoms with E-state index in [2.05, 4.69) is 10.4 Å². The van der Waals surface area contributed by atoms with Crippen molar-refractivity contribution in [3.05, 3.63) is 18.0 Å². The lowest BCUT2D eigenvalue weighted by molar-refractivity contribution is 0.150. The van der Waals surface area contributed by atoms with E-state index in [1.807, 2.05) is 19.3 Å². The number of aromatic nitrogens is 2. The van der Waals surface area contributed by atoms with Gasteiger partial charge in [0.15, 0.2) is 0 Å². The van der Waals surface area contributed by atoms with E-state index in [4.69, 9.17) is 16.3 Å². The second kappa shape index (κ2) is 6.81. The summed E-state index contributed by atoms with van der Waals surface area (Å²) in [6.45, 7) is 2.92. The van der Waals surface area contributed by atoms with Gasteiger partial charge in [-0.15, -0.1) is 11.6 Å². The molecular formula is C9H16ClN3O. The predicted molar refractivity (Wildman–Crippen MR) is 56.5 cm³/mol. The molecule has 0 unspecified atom stereocenters. The SMILES string of the molecule is Cn1ccc(CNCCOCCCl)n1. The first-order valence-electron chi connectivity index (χ1n) is 4.66. The molecule has 0 spiro atoms. The molecule has 1 rings (SSSR count). The summed E-state index contributed by atoms with van der Waals surface area (Å²) in [6, 6.07) is 1.99. The maximum Gasteiger partial charge on any atom is 0.0762 e. The Hall–Kier alpha value is -0.580. The Bertz CT molecular complexity index is 252. The van der Waals surface area contributed by atoms with Crippen LogP contribution in [0.5, 0.6) is 0 Å². The molecule has 0 aromatic carbocycles. The van der Waals surface area contributed by atoms with E-state index in [1.54, 1.807) is 4.68 Å². The molecule has 0 saturated carbocycles. The molecule has 0 aliphatic carbocycles. The number of hydrogen-bond acceptors (Lipinski definition) is 3. The molecule has 80 valence electrons. The number of hydrogen-bond donors (Lipinski definition) is 1. The molecule has 1 N–H and O–H groups in total. The monoisotopic (exact) mass is 217 g/mol. The van der Waals surface area contributed by atoms with Gasteiger partial charge in [0.25, 0.3) is 0 Å². The third kappa shape index (κ3) is 4.60. The molecule has 5 heteroatoms. The molecule has 4 nitrogen and oxygen atoms in total. The van der Waals surface area contributed by atoms with E-state index in [9.17, 15) is 0 Å². The average molecular weight is 218 g/mol. The molecule has 1 heterocycles. The van der Waals surface area contributed by atoms with Gasteiger partial charge in [0, 0.05) is 32.2 Å². The fourth-order valence-corrected chi connectivity index (χ4v) is 1.18. The van der Waals surface area contributed by atoms with E-state index in [1.165, 1.54) is 0 Å². The van der Waals surface area contributed by atoms with Crippen LogP contribution in [-0.2, 0) is 18.3 Å². The van der Waals surface area contributed by atoms with Crippen LogP contribution in [-0.4, -0.2) is 35.4 Å². The van der Waals surface area contributed by atoms with Crippen molar-refractivity contribution in [1.82, 2.24) is 15.1 Å². The number of rotatable bonds is 7. The van der Waals surface area contributed by atoms with Crippen LogP contribution >= 0.6 is 11.6 Å². The average Bonchev–Trinajstić information content (AvgIpc) is 2.58. The van der Waals surface area contributed by atoms with Crippen molar-refractivity contribution in [2.75, 3.05) is 25.6 Å². The van der Waals surface area contributed by atoms with Crippen molar-refractivity contribution in [2.45, 2.75) is 6.54 Å². The lowest BCUT2D eigenvalue weighted by atomic mass is 10.4. The van der Waals surface area contributed by atoms with Gasteiger partial charge in [-0.1, -0.05) is 0 Å². The highest BCUT2D eigenvalue weighted by atomic mass is 35.5. The maximum absolute atomic E-state index is 5.45. The summed E-state index contributed by atoms with van der Waals surface area (Å²) in [7, 11) is 1.91. The number of alkyl halides is 1. The van der Waals surface area contributed by atoms with Crippen molar-refractivity contribution in [2.24, 2.45) is 7.05 Å². The van der Waals surface area contributed by atoms with Crippen LogP contribution in [0.3, 0.4) is 0 Å². The van der Waals surface area contributed by atoms with Crippen molar-refractivity contribution in [3.63, 3.8) is 0 Å². The molecule has 0 radical (unpaired) electrons. The lowest BCUT2D eigenvalue weighted by Gasteiger charge is -2.02. The van der Waals surface area contributed by atoms with Gasteiger partial charge in [0.05, 0.1) is 18.9 Å². The predicted octanol–water partition coefficient (Wildman–Crippen LogP) is 0.765. The third-order valence-electron chi connectivity index (χ3n) is 1.72. The number of nitrogens with zero attached hydrogens (tertiary/aromatic N) is 2. The molecular weight excluding hydrogens is 202 g/mol. The Balaban J connectivity index is 1.99. The van der Waals surface area contributed by atoms with Crippen LogP contribution in [0.25, 0.3) is 0 Å². The number of aryl methyl sites for hydroxylation is 1. The first-order valence-corrected chi connectivity index (χ1v) is 5.19. The van der Waals surface area contributed by atoms with Crippen LogP contribution in [0.2, 0.25) is 0 Å². The standard InChI is InChI=1S/C9H16ClN3O/c1-13-5-2-9(12-13)8-11-4-7-14-6-3-10/h2,5,11H,3-4,6-8H2,1H3. The fourth-order valence-electron chi connectivity index (χ4n) is 1.07. The van der Waals surface area contributed by atoms with E-state index in [-0.39, 0.29) is 0 Å². The zero-order chi connectivity index (χ0) is 10.2. The molecule has 0 amide bonds. The summed E-state index contributed by atoms with van der Waals surface area (Å²) < 4.78 is 7.00. The van der Waals surface area contributed by atoms with Gasteiger partial charge in [0.1, 0.15) is 0 Å². The van der Waals surface area contributed by atoms with Gasteiger partial charge in [-0.3, -0.25) is 4.68 Å². The molecule has 0 bridgehead atoms. The van der Waals surface area contributed by atoms with Gasteiger partial charge in [0.2, 0.25) is 0 Å². The van der Waals surface area contributed by atoms with Gasteiger partial charge in [-0.25, -0.2) is 0 Å². The quantitative estimate of drug-likeness (QED) is 0.542. The molecule has 0 saturated heterocycles. The van der Waals surface area contributed by atoms with Crippen LogP contribution in [0.4, 0.5) is 0 Å². The largest absolute Gasteiger partial charge is 0.379 e. The lowest BCUT2D eigenvalue weighted by Crippen LogP contribution is -2.20. The summed E-state index contributed by atoms with van der Waals surface area (Å²) in [5, 5.41) is 7.47. The zero-order valence-corrected chi connectivity index (χ0v) is 9.13. The summed E-state index contributed by atoms with van der Waals surface area (Å²) >= 11 is 5.45. The van der Waals surface area contributed by atoms with Crippen LogP contribution < -0.4 is 5.32 Å². The van der Waals surface area contributed by atoms with Gasteiger partial charge in [-0.2, -0.15) is 5.10 Å². The molecule has 0 aliphatic heterocycles. The highest BCUT2D eigenvalue weighted by Crippen LogP contribution is 1.92. The highest BCUT2D eigenvalue weighted by Gasteiger charge is 1.95. The highest BCUT2D eigenvalue weighted by molar-refractivity contribution is 6.17. The second-order valence-corrected chi connectivity index (χ2v) is 3.34. The van der Waals surface area contributed by atoms with Crippen molar-refractivity contribution < 1.29 is 4.74 Å². The molecule has 1 aromatic rings. The Labute approximate surface area is 89.2 Å². The Morgan fingerprint density at radius 1 is 1.57 bits per heavy atom. The first-order chi connectivity index (χ1) is 6.83. The van der Waals surface area contributed by atoms with Gasteiger partial charge < -0.3 is 10.1 Å². The number of ether oxygens (including phenoxy) is 1. The molecule has 0 atom stereocenters. The van der Waals surface area contributed by atoms with Gasteiger partial charge in [-0.05, 0) is 6.07 Å².